The lowest BCUT2D eigenvalue weighted by atomic mass is 10.0. The number of aryl methyl sites for hydroxylation is 2. The van der Waals surface area contributed by atoms with Gasteiger partial charge in [0.05, 0.1) is 11.3 Å². The Kier molecular flexibility index (Phi) is 5.52. The smallest absolute Gasteiger partial charge is 0.338 e. The Hall–Kier alpha value is -2.46. The molecule has 0 aliphatic heterocycles. The molecule has 3 aromatic rings. The molecule has 26 heavy (non-hydrogen) atoms. The van der Waals surface area contributed by atoms with Crippen LogP contribution in [0.15, 0.2) is 47.8 Å². The van der Waals surface area contributed by atoms with Crippen molar-refractivity contribution >= 4 is 17.3 Å². The Morgan fingerprint density at radius 2 is 1.85 bits per heavy atom. The molecule has 0 saturated carbocycles. The molecule has 4 heteroatoms. The van der Waals surface area contributed by atoms with Gasteiger partial charge in [0.2, 0.25) is 0 Å². The topological polar surface area (TPSA) is 39.2 Å². The first-order valence-electron chi connectivity index (χ1n) is 8.73. The highest BCUT2D eigenvalue weighted by atomic mass is 32.1. The van der Waals surface area contributed by atoms with Crippen molar-refractivity contribution in [3.8, 4) is 10.6 Å². The highest BCUT2D eigenvalue weighted by molar-refractivity contribution is 7.13. The molecule has 0 amide bonds. The van der Waals surface area contributed by atoms with Crippen LogP contribution in [0.4, 0.5) is 0 Å². The van der Waals surface area contributed by atoms with Crippen molar-refractivity contribution in [2.45, 2.75) is 40.2 Å². The summed E-state index contributed by atoms with van der Waals surface area (Å²) in [7, 11) is 0. The zero-order valence-electron chi connectivity index (χ0n) is 15.6. The Balaban J connectivity index is 1.66. The summed E-state index contributed by atoms with van der Waals surface area (Å²) < 4.78 is 5.44. The molecule has 0 aliphatic carbocycles. The molecule has 2 aromatic carbocycles. The van der Waals surface area contributed by atoms with Gasteiger partial charge in [-0.2, -0.15) is 0 Å². The molecule has 0 aliphatic rings. The summed E-state index contributed by atoms with van der Waals surface area (Å²) in [6.45, 7) is 8.48. The van der Waals surface area contributed by atoms with E-state index in [9.17, 15) is 4.79 Å². The Morgan fingerprint density at radius 3 is 2.50 bits per heavy atom. The van der Waals surface area contributed by atoms with Gasteiger partial charge in [-0.05, 0) is 37.0 Å². The fourth-order valence-electron chi connectivity index (χ4n) is 2.78. The molecule has 0 N–H and O–H groups in total. The second kappa shape index (κ2) is 7.83. The van der Waals surface area contributed by atoms with E-state index in [-0.39, 0.29) is 12.6 Å². The van der Waals surface area contributed by atoms with Crippen LogP contribution in [0.3, 0.4) is 0 Å². The molecule has 0 atom stereocenters. The predicted octanol–water partition coefficient (Wildman–Crippen LogP) is 5.91. The quantitative estimate of drug-likeness (QED) is 0.528. The number of benzene rings is 2. The van der Waals surface area contributed by atoms with Gasteiger partial charge in [-0.3, -0.25) is 0 Å². The maximum atomic E-state index is 12.3. The van der Waals surface area contributed by atoms with E-state index in [0.717, 1.165) is 27.4 Å². The molecule has 3 nitrogen and oxygen atoms in total. The van der Waals surface area contributed by atoms with E-state index in [0.29, 0.717) is 11.5 Å². The van der Waals surface area contributed by atoms with Crippen LogP contribution < -0.4 is 0 Å². The molecule has 0 saturated heterocycles. The van der Waals surface area contributed by atoms with Gasteiger partial charge in [-0.15, -0.1) is 11.3 Å². The summed E-state index contributed by atoms with van der Waals surface area (Å²) in [5.74, 6) is 0.207. The van der Waals surface area contributed by atoms with Crippen LogP contribution in [-0.4, -0.2) is 11.0 Å². The van der Waals surface area contributed by atoms with Crippen LogP contribution >= 0.6 is 11.3 Å². The number of aromatic nitrogens is 1. The van der Waals surface area contributed by atoms with Crippen molar-refractivity contribution in [1.82, 2.24) is 4.98 Å². The lowest BCUT2D eigenvalue weighted by Crippen LogP contribution is -2.07. The third-order valence-corrected chi connectivity index (χ3v) is 5.27. The van der Waals surface area contributed by atoms with Crippen LogP contribution in [0.2, 0.25) is 0 Å². The Morgan fingerprint density at radius 1 is 1.12 bits per heavy atom. The number of hydrogen-bond donors (Lipinski definition) is 0. The van der Waals surface area contributed by atoms with Crippen molar-refractivity contribution in [2.24, 2.45) is 0 Å². The van der Waals surface area contributed by atoms with Crippen LogP contribution in [0.1, 0.15) is 52.5 Å². The first-order valence-corrected chi connectivity index (χ1v) is 9.61. The van der Waals surface area contributed by atoms with E-state index in [2.05, 4.69) is 43.1 Å². The molecule has 0 unspecified atom stereocenters. The van der Waals surface area contributed by atoms with Crippen molar-refractivity contribution in [2.75, 3.05) is 0 Å². The fraction of sp³-hybridized carbons (Fsp3) is 0.273. The maximum Gasteiger partial charge on any atom is 0.338 e. The number of hydrogen-bond acceptors (Lipinski definition) is 4. The third kappa shape index (κ3) is 4.20. The molecule has 3 rings (SSSR count). The molecule has 0 spiro atoms. The summed E-state index contributed by atoms with van der Waals surface area (Å²) in [6, 6.07) is 14.2. The van der Waals surface area contributed by atoms with Crippen LogP contribution in [0.5, 0.6) is 0 Å². The summed E-state index contributed by atoms with van der Waals surface area (Å²) in [5, 5.41) is 2.89. The van der Waals surface area contributed by atoms with Gasteiger partial charge in [-0.25, -0.2) is 9.78 Å². The number of rotatable bonds is 5. The molecular weight excluding hydrogens is 342 g/mol. The average molecular weight is 365 g/mol. The second-order valence-electron chi connectivity index (χ2n) is 6.82. The first kappa shape index (κ1) is 18.3. The predicted molar refractivity (Wildman–Crippen MR) is 107 cm³/mol. The minimum absolute atomic E-state index is 0.187. The van der Waals surface area contributed by atoms with Gasteiger partial charge >= 0.3 is 5.97 Å². The van der Waals surface area contributed by atoms with Gasteiger partial charge < -0.3 is 4.74 Å². The lowest BCUT2D eigenvalue weighted by molar-refractivity contribution is 0.0467. The number of carbonyl (C=O) groups is 1. The molecule has 1 aromatic heterocycles. The minimum atomic E-state index is -0.307. The average Bonchev–Trinajstić information content (AvgIpc) is 3.09. The zero-order chi connectivity index (χ0) is 18.7. The summed E-state index contributed by atoms with van der Waals surface area (Å²) in [6.07, 6.45) is 0. The SMILES string of the molecule is Cc1ccc(C(=O)OCc2csc(-c3ccc(C(C)C)cc3)n2)c(C)c1. The number of thiazole rings is 1. The normalized spacial score (nSPS) is 11.0. The molecule has 1 heterocycles. The van der Waals surface area contributed by atoms with Crippen LogP contribution in [0, 0.1) is 13.8 Å². The zero-order valence-corrected chi connectivity index (χ0v) is 16.4. The molecule has 0 bridgehead atoms. The Bertz CT molecular complexity index is 910. The number of carbonyl (C=O) groups excluding carboxylic acids is 1. The van der Waals surface area contributed by atoms with Crippen molar-refractivity contribution in [1.29, 1.82) is 0 Å². The van der Waals surface area contributed by atoms with Crippen LogP contribution in [0.25, 0.3) is 10.6 Å². The highest BCUT2D eigenvalue weighted by Gasteiger charge is 2.12. The largest absolute Gasteiger partial charge is 0.456 e. The van der Waals surface area contributed by atoms with E-state index in [4.69, 9.17) is 4.74 Å². The molecule has 0 fully saturated rings. The lowest BCUT2D eigenvalue weighted by Gasteiger charge is -2.07. The van der Waals surface area contributed by atoms with Crippen LogP contribution in [-0.2, 0) is 11.3 Å². The monoisotopic (exact) mass is 365 g/mol. The van der Waals surface area contributed by atoms with Crippen molar-refractivity contribution in [3.63, 3.8) is 0 Å². The minimum Gasteiger partial charge on any atom is -0.456 e. The second-order valence-corrected chi connectivity index (χ2v) is 7.67. The number of nitrogens with zero attached hydrogens (tertiary/aromatic N) is 1. The molecule has 134 valence electrons. The van der Waals surface area contributed by atoms with Gasteiger partial charge in [-0.1, -0.05) is 55.8 Å². The summed E-state index contributed by atoms with van der Waals surface area (Å²) >= 11 is 1.57. The fourth-order valence-corrected chi connectivity index (χ4v) is 3.59. The van der Waals surface area contributed by atoms with Gasteiger partial charge in [0.25, 0.3) is 0 Å². The van der Waals surface area contributed by atoms with E-state index in [1.807, 2.05) is 37.4 Å². The highest BCUT2D eigenvalue weighted by Crippen LogP contribution is 2.26. The summed E-state index contributed by atoms with van der Waals surface area (Å²) in [4.78, 5) is 16.9. The van der Waals surface area contributed by atoms with Crippen molar-refractivity contribution < 1.29 is 9.53 Å². The van der Waals surface area contributed by atoms with E-state index in [1.54, 1.807) is 11.3 Å². The van der Waals surface area contributed by atoms with E-state index >= 15 is 0 Å². The first-order chi connectivity index (χ1) is 12.4. The van der Waals surface area contributed by atoms with E-state index in [1.165, 1.54) is 5.56 Å². The Labute approximate surface area is 158 Å². The van der Waals surface area contributed by atoms with E-state index < -0.39 is 0 Å². The molecular formula is C22H23NO2S. The van der Waals surface area contributed by atoms with Gasteiger partial charge in [0.15, 0.2) is 0 Å². The standard InChI is InChI=1S/C22H23NO2S/c1-14(2)17-6-8-18(9-7-17)21-23-19(13-26-21)12-25-22(24)20-10-5-15(3)11-16(20)4/h5-11,13-14H,12H2,1-4H3. The number of ether oxygens (including phenoxy) is 1. The third-order valence-electron chi connectivity index (χ3n) is 4.33. The maximum absolute atomic E-state index is 12.3. The summed E-state index contributed by atoms with van der Waals surface area (Å²) in [5.41, 5.74) is 5.84. The van der Waals surface area contributed by atoms with Gasteiger partial charge in [0, 0.05) is 10.9 Å². The van der Waals surface area contributed by atoms with Crippen molar-refractivity contribution in [3.05, 3.63) is 75.8 Å². The van der Waals surface area contributed by atoms with Gasteiger partial charge in [0.1, 0.15) is 11.6 Å². The number of esters is 1. The molecule has 0 radical (unpaired) electrons.